The van der Waals surface area contributed by atoms with Gasteiger partial charge in [-0.3, -0.25) is 14.4 Å². The number of nitrogens with two attached hydrogens (primary N) is 1. The maximum atomic E-state index is 13.0. The van der Waals surface area contributed by atoms with Crippen molar-refractivity contribution in [1.29, 1.82) is 0 Å². The van der Waals surface area contributed by atoms with Crippen molar-refractivity contribution in [2.24, 2.45) is 5.73 Å². The van der Waals surface area contributed by atoms with E-state index in [4.69, 9.17) is 10.8 Å². The van der Waals surface area contributed by atoms with Crippen molar-refractivity contribution >= 4 is 48.1 Å². The lowest BCUT2D eigenvalue weighted by molar-refractivity contribution is -0.145. The Morgan fingerprint density at radius 1 is 1.03 bits per heavy atom. The average Bonchev–Trinajstić information content (AvgIpc) is 2.78. The molecule has 33 heavy (non-hydrogen) atoms. The minimum atomic E-state index is -1.55. The van der Waals surface area contributed by atoms with Gasteiger partial charge in [-0.15, -0.1) is 0 Å². The Kier molecular flexibility index (Phi) is 12.9. The maximum absolute atomic E-state index is 13.0. The Labute approximate surface area is 202 Å². The summed E-state index contributed by atoms with van der Waals surface area (Å²) in [6.07, 6.45) is 1.13. The highest BCUT2D eigenvalue weighted by molar-refractivity contribution is 7.98. The second kappa shape index (κ2) is 14.8. The molecule has 7 N–H and O–H groups in total. The molecule has 0 radical (unpaired) electrons. The van der Waals surface area contributed by atoms with Gasteiger partial charge in [0.2, 0.25) is 17.7 Å². The van der Waals surface area contributed by atoms with Crippen LogP contribution in [0.5, 0.6) is 0 Å². The van der Waals surface area contributed by atoms with E-state index in [9.17, 15) is 24.3 Å². The summed E-state index contributed by atoms with van der Waals surface area (Å²) in [6, 6.07) is 4.43. The lowest BCUT2D eigenvalue weighted by Crippen LogP contribution is -2.59. The van der Waals surface area contributed by atoms with Crippen LogP contribution in [0.1, 0.15) is 18.9 Å². The van der Waals surface area contributed by atoms with E-state index in [0.29, 0.717) is 12.2 Å². The monoisotopic (exact) mass is 500 g/mol. The molecular weight excluding hydrogens is 468 g/mol. The number of thioether (sulfide) groups is 1. The van der Waals surface area contributed by atoms with Crippen molar-refractivity contribution < 1.29 is 29.4 Å². The number of thiol groups is 1. The van der Waals surface area contributed by atoms with Gasteiger partial charge in [0.1, 0.15) is 12.1 Å². The zero-order valence-electron chi connectivity index (χ0n) is 18.6. The molecule has 0 spiro atoms. The topological polar surface area (TPSA) is 171 Å². The third-order valence-electron chi connectivity index (χ3n) is 4.75. The van der Waals surface area contributed by atoms with Crippen LogP contribution in [-0.2, 0) is 25.6 Å². The largest absolute Gasteiger partial charge is 0.480 e. The number of carboxylic acid groups (broad SMARTS) is 1. The van der Waals surface area contributed by atoms with Gasteiger partial charge in [-0.1, -0.05) is 30.3 Å². The zero-order chi connectivity index (χ0) is 25.0. The molecule has 0 aliphatic rings. The minimum Gasteiger partial charge on any atom is -0.480 e. The number of carbonyl (C=O) groups is 4. The molecule has 0 aliphatic heterocycles. The molecule has 184 valence electrons. The Morgan fingerprint density at radius 3 is 2.12 bits per heavy atom. The highest BCUT2D eigenvalue weighted by atomic mass is 32.2. The summed E-state index contributed by atoms with van der Waals surface area (Å²) in [5, 5.41) is 26.0. The van der Waals surface area contributed by atoms with E-state index >= 15 is 0 Å². The van der Waals surface area contributed by atoms with Crippen molar-refractivity contribution in [2.45, 2.75) is 50.0 Å². The van der Waals surface area contributed by atoms with Gasteiger partial charge in [0, 0.05) is 12.2 Å². The lowest BCUT2D eigenvalue weighted by atomic mass is 10.0. The van der Waals surface area contributed by atoms with Crippen LogP contribution in [0.2, 0.25) is 0 Å². The lowest BCUT2D eigenvalue weighted by Gasteiger charge is -2.25. The summed E-state index contributed by atoms with van der Waals surface area (Å²) in [5.41, 5.74) is 6.70. The Bertz CT molecular complexity index is 796. The fourth-order valence-corrected chi connectivity index (χ4v) is 3.57. The second-order valence-corrected chi connectivity index (χ2v) is 8.80. The third-order valence-corrected chi connectivity index (χ3v) is 5.76. The molecule has 0 aromatic heterocycles. The first-order valence-corrected chi connectivity index (χ1v) is 12.3. The molecule has 0 saturated carbocycles. The quantitative estimate of drug-likeness (QED) is 0.162. The molecule has 0 saturated heterocycles. The Morgan fingerprint density at radius 2 is 1.61 bits per heavy atom. The van der Waals surface area contributed by atoms with Gasteiger partial charge in [0.15, 0.2) is 6.04 Å². The average molecular weight is 501 g/mol. The first-order valence-electron chi connectivity index (χ1n) is 10.3. The van der Waals surface area contributed by atoms with Crippen molar-refractivity contribution in [2.75, 3.05) is 17.8 Å². The molecular formula is C21H32N4O6S2. The molecule has 5 unspecified atom stereocenters. The van der Waals surface area contributed by atoms with Crippen LogP contribution in [0.25, 0.3) is 0 Å². The standard InChI is InChI=1S/C21H32N4O6S2/c1-12(26)17(21(30)31)25-20(29)16(11-32)24-19(28)15(10-13-6-4-3-5-7-13)23-18(27)14(22)8-9-33-2/h3-7,12,14-17,26,32H,8-11,22H2,1-2H3,(H,23,27)(H,24,28)(H,25,29)(H,30,31). The first-order chi connectivity index (χ1) is 15.6. The molecule has 1 rings (SSSR count). The van der Waals surface area contributed by atoms with Gasteiger partial charge >= 0.3 is 5.97 Å². The number of amides is 3. The number of rotatable bonds is 14. The molecule has 0 heterocycles. The summed E-state index contributed by atoms with van der Waals surface area (Å²) >= 11 is 5.62. The van der Waals surface area contributed by atoms with Crippen LogP contribution in [0.3, 0.4) is 0 Å². The van der Waals surface area contributed by atoms with Gasteiger partial charge in [0.25, 0.3) is 0 Å². The van der Waals surface area contributed by atoms with Crippen LogP contribution < -0.4 is 21.7 Å². The molecule has 1 aromatic rings. The van der Waals surface area contributed by atoms with Gasteiger partial charge in [-0.2, -0.15) is 24.4 Å². The number of carbonyl (C=O) groups excluding carboxylic acids is 3. The van der Waals surface area contributed by atoms with Crippen LogP contribution in [0, 0.1) is 0 Å². The zero-order valence-corrected chi connectivity index (χ0v) is 20.3. The summed E-state index contributed by atoms with van der Waals surface area (Å²) in [4.78, 5) is 49.3. The van der Waals surface area contributed by atoms with E-state index in [1.165, 1.54) is 6.92 Å². The summed E-state index contributed by atoms with van der Waals surface area (Å²) in [6.45, 7) is 1.22. The van der Waals surface area contributed by atoms with Crippen molar-refractivity contribution in [3.8, 4) is 0 Å². The Hall–Kier alpha value is -2.28. The number of aliphatic carboxylic acids is 1. The van der Waals surface area contributed by atoms with Crippen LogP contribution >= 0.6 is 24.4 Å². The number of carboxylic acids is 1. The molecule has 0 bridgehead atoms. The van der Waals surface area contributed by atoms with Crippen molar-refractivity contribution in [3.05, 3.63) is 35.9 Å². The van der Waals surface area contributed by atoms with E-state index in [0.717, 1.165) is 5.56 Å². The van der Waals surface area contributed by atoms with Gasteiger partial charge in [0.05, 0.1) is 12.1 Å². The first kappa shape index (κ1) is 28.8. The van der Waals surface area contributed by atoms with Crippen LogP contribution in [0.15, 0.2) is 30.3 Å². The van der Waals surface area contributed by atoms with E-state index in [2.05, 4.69) is 28.6 Å². The fourth-order valence-electron chi connectivity index (χ4n) is 2.82. The molecule has 5 atom stereocenters. The number of hydrogen-bond acceptors (Lipinski definition) is 8. The highest BCUT2D eigenvalue weighted by Gasteiger charge is 2.31. The van der Waals surface area contributed by atoms with E-state index in [-0.39, 0.29) is 12.2 Å². The predicted octanol–water partition coefficient (Wildman–Crippen LogP) is -0.841. The number of hydrogen-bond donors (Lipinski definition) is 7. The third kappa shape index (κ3) is 10.0. The summed E-state index contributed by atoms with van der Waals surface area (Å²) < 4.78 is 0. The number of aliphatic hydroxyl groups excluding tert-OH is 1. The van der Waals surface area contributed by atoms with Crippen molar-refractivity contribution in [1.82, 2.24) is 16.0 Å². The molecule has 0 fully saturated rings. The second-order valence-electron chi connectivity index (χ2n) is 7.45. The van der Waals surface area contributed by atoms with Crippen LogP contribution in [-0.4, -0.2) is 81.9 Å². The SMILES string of the molecule is CSCCC(N)C(=O)NC(Cc1ccccc1)C(=O)NC(CS)C(=O)NC(C(=O)O)C(C)O. The van der Waals surface area contributed by atoms with E-state index < -0.39 is 54.0 Å². The fraction of sp³-hybridized carbons (Fsp3) is 0.524. The molecule has 0 aliphatic carbocycles. The smallest absolute Gasteiger partial charge is 0.328 e. The van der Waals surface area contributed by atoms with Crippen LogP contribution in [0.4, 0.5) is 0 Å². The Balaban J connectivity index is 2.96. The van der Waals surface area contributed by atoms with E-state index in [1.807, 2.05) is 12.3 Å². The van der Waals surface area contributed by atoms with E-state index in [1.54, 1.807) is 36.0 Å². The summed E-state index contributed by atoms with van der Waals surface area (Å²) in [7, 11) is 0. The maximum Gasteiger partial charge on any atom is 0.328 e. The number of nitrogens with one attached hydrogen (secondary N) is 3. The number of benzene rings is 1. The molecule has 3 amide bonds. The summed E-state index contributed by atoms with van der Waals surface area (Å²) in [5.74, 6) is -2.85. The highest BCUT2D eigenvalue weighted by Crippen LogP contribution is 2.06. The minimum absolute atomic E-state index is 0.136. The predicted molar refractivity (Wildman–Crippen MR) is 130 cm³/mol. The normalized spacial score (nSPS) is 15.4. The van der Waals surface area contributed by atoms with Gasteiger partial charge in [-0.25, -0.2) is 4.79 Å². The molecule has 12 heteroatoms. The van der Waals surface area contributed by atoms with Crippen molar-refractivity contribution in [3.63, 3.8) is 0 Å². The molecule has 1 aromatic carbocycles. The molecule has 10 nitrogen and oxygen atoms in total. The van der Waals surface area contributed by atoms with Gasteiger partial charge in [-0.05, 0) is 30.9 Å². The number of aliphatic hydroxyl groups is 1. The van der Waals surface area contributed by atoms with Gasteiger partial charge < -0.3 is 31.9 Å².